The first-order chi connectivity index (χ1) is 15.6. The normalized spacial score (nSPS) is 25.2. The van der Waals surface area contributed by atoms with Gasteiger partial charge in [0.15, 0.2) is 0 Å². The highest BCUT2D eigenvalue weighted by Gasteiger charge is 2.42. The smallest absolute Gasteiger partial charge is 0.249 e. The highest BCUT2D eigenvalue weighted by Crippen LogP contribution is 2.33. The zero-order valence-corrected chi connectivity index (χ0v) is 18.1. The SMILES string of the molecule is O=C(NC1CCN(C(=O)C2CCC2)C1Cc1cccc(-c2cccc(F)c2)c1)C1CCO1. The van der Waals surface area contributed by atoms with Gasteiger partial charge in [-0.3, -0.25) is 9.59 Å². The molecule has 3 fully saturated rings. The second kappa shape index (κ2) is 9.02. The van der Waals surface area contributed by atoms with Gasteiger partial charge in [0.05, 0.1) is 18.7 Å². The Balaban J connectivity index is 1.37. The van der Waals surface area contributed by atoms with Crippen molar-refractivity contribution in [2.75, 3.05) is 13.2 Å². The fourth-order valence-electron chi connectivity index (χ4n) is 4.94. The number of likely N-dealkylation sites (tertiary alicyclic amines) is 1. The molecule has 3 aliphatic rings. The van der Waals surface area contributed by atoms with Crippen molar-refractivity contribution in [1.29, 1.82) is 0 Å². The molecule has 2 saturated heterocycles. The van der Waals surface area contributed by atoms with E-state index in [2.05, 4.69) is 11.4 Å². The number of nitrogens with one attached hydrogen (secondary N) is 1. The lowest BCUT2D eigenvalue weighted by Gasteiger charge is -2.35. The van der Waals surface area contributed by atoms with Gasteiger partial charge in [-0.2, -0.15) is 0 Å². The lowest BCUT2D eigenvalue weighted by molar-refractivity contribution is -0.146. The van der Waals surface area contributed by atoms with Crippen molar-refractivity contribution < 1.29 is 18.7 Å². The Morgan fingerprint density at radius 2 is 1.78 bits per heavy atom. The van der Waals surface area contributed by atoms with Gasteiger partial charge in [0, 0.05) is 18.9 Å². The zero-order valence-electron chi connectivity index (χ0n) is 18.1. The van der Waals surface area contributed by atoms with E-state index < -0.39 is 0 Å². The Hall–Kier alpha value is -2.73. The third kappa shape index (κ3) is 4.29. The van der Waals surface area contributed by atoms with E-state index in [-0.39, 0.29) is 41.7 Å². The molecule has 2 amide bonds. The van der Waals surface area contributed by atoms with Crippen LogP contribution >= 0.6 is 0 Å². The number of carbonyl (C=O) groups excluding carboxylic acids is 2. The predicted octanol–water partition coefficient (Wildman–Crippen LogP) is 3.71. The van der Waals surface area contributed by atoms with E-state index in [1.54, 1.807) is 6.07 Å². The first kappa shape index (κ1) is 21.1. The summed E-state index contributed by atoms with van der Waals surface area (Å²) in [5.74, 6) is 0.0133. The maximum Gasteiger partial charge on any atom is 0.249 e. The molecule has 2 aromatic carbocycles. The maximum atomic E-state index is 13.7. The van der Waals surface area contributed by atoms with Crippen molar-refractivity contribution in [3.8, 4) is 11.1 Å². The number of ether oxygens (including phenoxy) is 1. The molecule has 2 aliphatic heterocycles. The number of amides is 2. The highest BCUT2D eigenvalue weighted by molar-refractivity contribution is 5.83. The number of hydrogen-bond acceptors (Lipinski definition) is 3. The predicted molar refractivity (Wildman–Crippen MR) is 119 cm³/mol. The standard InChI is InChI=1S/C26H29FN2O3/c27-21-9-3-8-20(16-21)19-7-1-4-17(14-19)15-23-22(28-25(30)24-11-13-32-24)10-12-29(23)26(31)18-5-2-6-18/h1,3-4,7-9,14,16,18,22-24H,2,5-6,10-13,15H2,(H,28,30). The molecule has 2 aromatic rings. The summed E-state index contributed by atoms with van der Waals surface area (Å²) >= 11 is 0. The van der Waals surface area contributed by atoms with Crippen LogP contribution in [-0.2, 0) is 20.7 Å². The summed E-state index contributed by atoms with van der Waals surface area (Å²) in [6, 6.07) is 14.4. The number of halogens is 1. The van der Waals surface area contributed by atoms with Crippen molar-refractivity contribution in [2.24, 2.45) is 5.92 Å². The van der Waals surface area contributed by atoms with Crippen LogP contribution in [0.2, 0.25) is 0 Å². The minimum Gasteiger partial charge on any atom is -0.368 e. The van der Waals surface area contributed by atoms with Crippen molar-refractivity contribution >= 4 is 11.8 Å². The van der Waals surface area contributed by atoms with Crippen LogP contribution in [0, 0.1) is 11.7 Å². The molecule has 0 radical (unpaired) electrons. The summed E-state index contributed by atoms with van der Waals surface area (Å²) in [5.41, 5.74) is 2.84. The topological polar surface area (TPSA) is 58.6 Å². The monoisotopic (exact) mass is 436 g/mol. The summed E-state index contributed by atoms with van der Waals surface area (Å²) in [4.78, 5) is 27.7. The van der Waals surface area contributed by atoms with E-state index in [4.69, 9.17) is 4.74 Å². The second-order valence-electron chi connectivity index (χ2n) is 9.19. The molecule has 0 bridgehead atoms. The second-order valence-corrected chi connectivity index (χ2v) is 9.19. The molecule has 168 valence electrons. The molecule has 1 N–H and O–H groups in total. The summed E-state index contributed by atoms with van der Waals surface area (Å²) in [6.45, 7) is 1.30. The van der Waals surface area contributed by atoms with E-state index in [0.717, 1.165) is 48.8 Å². The van der Waals surface area contributed by atoms with Gasteiger partial charge in [-0.1, -0.05) is 42.8 Å². The van der Waals surface area contributed by atoms with E-state index in [0.29, 0.717) is 19.6 Å². The van der Waals surface area contributed by atoms with Gasteiger partial charge < -0.3 is 15.0 Å². The van der Waals surface area contributed by atoms with E-state index in [1.807, 2.05) is 29.2 Å². The number of rotatable bonds is 6. The fraction of sp³-hybridized carbons (Fsp3) is 0.462. The molecule has 5 nitrogen and oxygen atoms in total. The van der Waals surface area contributed by atoms with Crippen LogP contribution in [0.15, 0.2) is 48.5 Å². The Kier molecular flexibility index (Phi) is 5.96. The molecule has 1 saturated carbocycles. The average molecular weight is 437 g/mol. The quantitative estimate of drug-likeness (QED) is 0.751. The van der Waals surface area contributed by atoms with Crippen LogP contribution in [0.5, 0.6) is 0 Å². The van der Waals surface area contributed by atoms with E-state index >= 15 is 0 Å². The van der Waals surface area contributed by atoms with Crippen molar-refractivity contribution in [3.63, 3.8) is 0 Å². The summed E-state index contributed by atoms with van der Waals surface area (Å²) in [6.07, 6.45) is 4.84. The zero-order chi connectivity index (χ0) is 22.1. The molecular weight excluding hydrogens is 407 g/mol. The average Bonchev–Trinajstić information content (AvgIpc) is 3.07. The van der Waals surface area contributed by atoms with Crippen LogP contribution in [-0.4, -0.2) is 48.1 Å². The molecule has 32 heavy (non-hydrogen) atoms. The first-order valence-electron chi connectivity index (χ1n) is 11.7. The van der Waals surface area contributed by atoms with Crippen molar-refractivity contribution in [3.05, 3.63) is 59.9 Å². The Morgan fingerprint density at radius 3 is 2.44 bits per heavy atom. The Bertz CT molecular complexity index is 1000. The number of benzene rings is 2. The Morgan fingerprint density at radius 1 is 1.03 bits per heavy atom. The van der Waals surface area contributed by atoms with Crippen LogP contribution in [0.3, 0.4) is 0 Å². The molecule has 3 atom stereocenters. The van der Waals surface area contributed by atoms with Gasteiger partial charge in [-0.25, -0.2) is 4.39 Å². The van der Waals surface area contributed by atoms with E-state index in [1.165, 1.54) is 12.1 Å². The minimum absolute atomic E-state index is 0.0716. The summed E-state index contributed by atoms with van der Waals surface area (Å²) < 4.78 is 19.1. The summed E-state index contributed by atoms with van der Waals surface area (Å²) in [5, 5.41) is 3.16. The molecule has 6 heteroatoms. The van der Waals surface area contributed by atoms with Crippen LogP contribution in [0.25, 0.3) is 11.1 Å². The lowest BCUT2D eigenvalue weighted by atomic mass is 9.84. The largest absolute Gasteiger partial charge is 0.368 e. The molecule has 2 heterocycles. The summed E-state index contributed by atoms with van der Waals surface area (Å²) in [7, 11) is 0. The maximum absolute atomic E-state index is 13.7. The molecular formula is C26H29FN2O3. The Labute approximate surface area is 187 Å². The van der Waals surface area contributed by atoms with Crippen LogP contribution in [0.1, 0.15) is 37.7 Å². The lowest BCUT2D eigenvalue weighted by Crippen LogP contribution is -2.53. The third-order valence-corrected chi connectivity index (χ3v) is 7.13. The molecule has 0 spiro atoms. The molecule has 3 unspecified atom stereocenters. The highest BCUT2D eigenvalue weighted by atomic mass is 19.1. The van der Waals surface area contributed by atoms with Crippen molar-refractivity contribution in [1.82, 2.24) is 10.2 Å². The fourth-order valence-corrected chi connectivity index (χ4v) is 4.94. The number of nitrogens with zero attached hydrogens (tertiary/aromatic N) is 1. The minimum atomic E-state index is -0.358. The van der Waals surface area contributed by atoms with Gasteiger partial charge in [0.25, 0.3) is 0 Å². The van der Waals surface area contributed by atoms with E-state index in [9.17, 15) is 14.0 Å². The van der Waals surface area contributed by atoms with Crippen molar-refractivity contribution in [2.45, 2.75) is 56.7 Å². The number of hydrogen-bond donors (Lipinski definition) is 1. The van der Waals surface area contributed by atoms with Crippen LogP contribution < -0.4 is 5.32 Å². The first-order valence-corrected chi connectivity index (χ1v) is 11.7. The van der Waals surface area contributed by atoms with Gasteiger partial charge in [-0.05, 0) is 54.5 Å². The molecule has 1 aliphatic carbocycles. The van der Waals surface area contributed by atoms with Gasteiger partial charge in [-0.15, -0.1) is 0 Å². The van der Waals surface area contributed by atoms with Gasteiger partial charge in [0.1, 0.15) is 11.9 Å². The number of carbonyl (C=O) groups is 2. The van der Waals surface area contributed by atoms with Gasteiger partial charge in [0.2, 0.25) is 11.8 Å². The van der Waals surface area contributed by atoms with Gasteiger partial charge >= 0.3 is 0 Å². The molecule has 5 rings (SSSR count). The van der Waals surface area contributed by atoms with Crippen LogP contribution in [0.4, 0.5) is 4.39 Å². The molecule has 0 aromatic heterocycles. The third-order valence-electron chi connectivity index (χ3n) is 7.13.